The van der Waals surface area contributed by atoms with Crippen molar-refractivity contribution >= 4 is 23.2 Å². The molecule has 0 saturated heterocycles. The summed E-state index contributed by atoms with van der Waals surface area (Å²) in [4.78, 5) is 16.4. The van der Waals surface area contributed by atoms with Gasteiger partial charge in [-0.3, -0.25) is 9.69 Å². The van der Waals surface area contributed by atoms with Crippen LogP contribution in [0.2, 0.25) is 0 Å². The van der Waals surface area contributed by atoms with Crippen LogP contribution in [0.3, 0.4) is 0 Å². The average molecular weight is 540 g/mol. The lowest BCUT2D eigenvalue weighted by Gasteiger charge is -2.40. The molecule has 1 heterocycles. The predicted octanol–water partition coefficient (Wildman–Crippen LogP) is 7.05. The molecule has 0 aromatic heterocycles. The Morgan fingerprint density at radius 1 is 1.08 bits per heavy atom. The van der Waals surface area contributed by atoms with Crippen LogP contribution in [-0.2, 0) is 10.5 Å². The van der Waals surface area contributed by atoms with Gasteiger partial charge in [-0.2, -0.15) is 5.26 Å². The average Bonchev–Trinajstić information content (AvgIpc) is 2.93. The molecule has 5 nitrogen and oxygen atoms in total. The molecule has 7 heteroatoms. The predicted molar refractivity (Wildman–Crippen MR) is 153 cm³/mol. The third-order valence-corrected chi connectivity index (χ3v) is 8.55. The van der Waals surface area contributed by atoms with Crippen molar-refractivity contribution in [1.82, 2.24) is 0 Å². The summed E-state index contributed by atoms with van der Waals surface area (Å²) < 4.78 is 18.7. The number of carbonyl (C=O) groups is 1. The Kier molecular flexibility index (Phi) is 7.49. The number of benzene rings is 3. The minimum Gasteiger partial charge on any atom is -0.497 e. The van der Waals surface area contributed by atoms with Crippen molar-refractivity contribution in [2.45, 2.75) is 49.7 Å². The zero-order valence-electron chi connectivity index (χ0n) is 22.3. The highest BCUT2D eigenvalue weighted by molar-refractivity contribution is 7.98. The van der Waals surface area contributed by atoms with E-state index in [1.54, 1.807) is 31.0 Å². The zero-order valence-corrected chi connectivity index (χ0v) is 23.1. The maximum absolute atomic E-state index is 13.5. The molecule has 3 aromatic carbocycles. The van der Waals surface area contributed by atoms with Gasteiger partial charge in [0.25, 0.3) is 0 Å². The molecule has 0 amide bonds. The lowest BCUT2D eigenvalue weighted by Crippen LogP contribution is -2.38. The van der Waals surface area contributed by atoms with Crippen LogP contribution in [0.1, 0.15) is 47.4 Å². The summed E-state index contributed by atoms with van der Waals surface area (Å²) in [5.41, 5.74) is 13.6. The van der Waals surface area contributed by atoms with Gasteiger partial charge >= 0.3 is 0 Å². The van der Waals surface area contributed by atoms with Crippen molar-refractivity contribution in [1.29, 1.82) is 5.26 Å². The highest BCUT2D eigenvalue weighted by Gasteiger charge is 2.41. The normalized spacial score (nSPS) is 17.3. The number of anilines is 1. The van der Waals surface area contributed by atoms with Crippen LogP contribution in [0.15, 0.2) is 88.2 Å². The number of halogens is 1. The first-order valence-corrected chi connectivity index (χ1v) is 13.9. The maximum Gasteiger partial charge on any atom is 0.161 e. The Morgan fingerprint density at radius 2 is 1.79 bits per heavy atom. The first-order valence-electron chi connectivity index (χ1n) is 12.9. The molecule has 0 spiro atoms. The molecular weight excluding hydrogens is 509 g/mol. The van der Waals surface area contributed by atoms with E-state index in [1.807, 2.05) is 36.1 Å². The van der Waals surface area contributed by atoms with Gasteiger partial charge in [0, 0.05) is 34.0 Å². The van der Waals surface area contributed by atoms with Crippen molar-refractivity contribution in [2.75, 3.05) is 12.0 Å². The maximum atomic E-state index is 13.5. The monoisotopic (exact) mass is 539 g/mol. The molecule has 1 atom stereocenters. The number of carbonyl (C=O) groups excluding carboxylic acids is 1. The van der Waals surface area contributed by atoms with Crippen LogP contribution in [0.25, 0.3) is 0 Å². The summed E-state index contributed by atoms with van der Waals surface area (Å²) >= 11 is 1.62. The molecule has 5 rings (SSSR count). The van der Waals surface area contributed by atoms with E-state index in [9.17, 15) is 14.4 Å². The Labute approximate surface area is 232 Å². The van der Waals surface area contributed by atoms with Crippen molar-refractivity contribution in [3.63, 3.8) is 0 Å². The van der Waals surface area contributed by atoms with Gasteiger partial charge in [0.05, 0.1) is 24.7 Å². The molecule has 2 aliphatic rings. The van der Waals surface area contributed by atoms with Crippen LogP contribution in [-0.4, -0.2) is 12.9 Å². The van der Waals surface area contributed by atoms with Gasteiger partial charge in [-0.15, -0.1) is 11.8 Å². The summed E-state index contributed by atoms with van der Waals surface area (Å²) in [5, 5.41) is 10.4. The third kappa shape index (κ3) is 5.05. The highest BCUT2D eigenvalue weighted by atomic mass is 32.2. The molecule has 0 fully saturated rings. The van der Waals surface area contributed by atoms with E-state index in [0.717, 1.165) is 45.0 Å². The number of ketones is 1. The lowest BCUT2D eigenvalue weighted by atomic mass is 9.74. The summed E-state index contributed by atoms with van der Waals surface area (Å²) in [6.45, 7) is 4.09. The van der Waals surface area contributed by atoms with Crippen molar-refractivity contribution < 1.29 is 13.9 Å². The van der Waals surface area contributed by atoms with E-state index in [1.165, 1.54) is 12.1 Å². The number of nitrogens with zero attached hydrogens (tertiary/aromatic N) is 2. The molecule has 0 saturated carbocycles. The molecule has 0 bridgehead atoms. The van der Waals surface area contributed by atoms with Crippen LogP contribution < -0.4 is 15.4 Å². The van der Waals surface area contributed by atoms with Crippen LogP contribution in [0.5, 0.6) is 5.75 Å². The number of allylic oxidation sites excluding steroid dienone is 3. The number of methoxy groups -OCH3 is 1. The standard InChI is InChI=1S/C32H30FN3O2S/c1-19-15-20(2)26(16-21(19)18-39-25-13-7-22(33)8-14-25)30-27(17-34)32(35)36(23-9-11-24(38-3)12-10-23)28-5-4-6-29(37)31(28)30/h7-16,30H,4-6,18,35H2,1-3H3. The number of nitrogens with two attached hydrogens (primary N) is 1. The Hall–Kier alpha value is -4.02. The fraction of sp³-hybridized carbons (Fsp3) is 0.250. The number of rotatable bonds is 6. The number of ether oxygens (including phenoxy) is 1. The fourth-order valence-electron chi connectivity index (χ4n) is 5.50. The van der Waals surface area contributed by atoms with Crippen LogP contribution >= 0.6 is 11.8 Å². The van der Waals surface area contributed by atoms with Gasteiger partial charge in [0.15, 0.2) is 5.78 Å². The summed E-state index contributed by atoms with van der Waals surface area (Å²) in [6.07, 6.45) is 1.88. The van der Waals surface area contributed by atoms with Crippen molar-refractivity contribution in [3.8, 4) is 11.8 Å². The van der Waals surface area contributed by atoms with Gasteiger partial charge in [-0.25, -0.2) is 4.39 Å². The molecule has 1 aliphatic heterocycles. The van der Waals surface area contributed by atoms with E-state index < -0.39 is 5.92 Å². The summed E-state index contributed by atoms with van der Waals surface area (Å²) in [5.74, 6) is 1.01. The largest absolute Gasteiger partial charge is 0.497 e. The van der Waals surface area contributed by atoms with Crippen molar-refractivity contribution in [2.24, 2.45) is 5.73 Å². The fourth-order valence-corrected chi connectivity index (χ4v) is 6.46. The molecule has 198 valence electrons. The topological polar surface area (TPSA) is 79.3 Å². The first kappa shape index (κ1) is 26.6. The smallest absolute Gasteiger partial charge is 0.161 e. The molecule has 39 heavy (non-hydrogen) atoms. The third-order valence-electron chi connectivity index (χ3n) is 7.49. The quantitative estimate of drug-likeness (QED) is 0.338. The second-order valence-electron chi connectivity index (χ2n) is 9.89. The van der Waals surface area contributed by atoms with Crippen molar-refractivity contribution in [3.05, 3.63) is 111 Å². The van der Waals surface area contributed by atoms with Gasteiger partial charge in [0.2, 0.25) is 0 Å². The minimum absolute atomic E-state index is 0.0576. The number of thioether (sulfide) groups is 1. The Bertz CT molecular complexity index is 1540. The Balaban J connectivity index is 1.61. The second-order valence-corrected chi connectivity index (χ2v) is 10.9. The van der Waals surface area contributed by atoms with E-state index in [-0.39, 0.29) is 11.6 Å². The molecule has 1 unspecified atom stereocenters. The molecular formula is C32H30FN3O2S. The summed E-state index contributed by atoms with van der Waals surface area (Å²) in [6, 6.07) is 20.5. The van der Waals surface area contributed by atoms with E-state index in [4.69, 9.17) is 10.5 Å². The number of hydrogen-bond donors (Lipinski definition) is 1. The molecule has 3 aromatic rings. The summed E-state index contributed by atoms with van der Waals surface area (Å²) in [7, 11) is 1.61. The van der Waals surface area contributed by atoms with E-state index in [0.29, 0.717) is 41.3 Å². The number of aryl methyl sites for hydroxylation is 2. The SMILES string of the molecule is COc1ccc(N2C(N)=C(C#N)C(c3cc(CSc4ccc(F)cc4)c(C)cc3C)C3=C2CCCC3=O)cc1. The highest BCUT2D eigenvalue weighted by Crippen LogP contribution is 2.47. The lowest BCUT2D eigenvalue weighted by molar-refractivity contribution is -0.116. The van der Waals surface area contributed by atoms with Gasteiger partial charge < -0.3 is 10.5 Å². The van der Waals surface area contributed by atoms with E-state index in [2.05, 4.69) is 25.1 Å². The first-order chi connectivity index (χ1) is 18.8. The molecule has 1 aliphatic carbocycles. The minimum atomic E-state index is -0.525. The molecule has 2 N–H and O–H groups in total. The van der Waals surface area contributed by atoms with Gasteiger partial charge in [-0.05, 0) is 97.5 Å². The zero-order chi connectivity index (χ0) is 27.7. The number of nitriles is 1. The van der Waals surface area contributed by atoms with Crippen LogP contribution in [0.4, 0.5) is 10.1 Å². The van der Waals surface area contributed by atoms with Gasteiger partial charge in [-0.1, -0.05) is 12.1 Å². The number of hydrogen-bond acceptors (Lipinski definition) is 6. The van der Waals surface area contributed by atoms with Gasteiger partial charge in [0.1, 0.15) is 17.4 Å². The number of Topliss-reactive ketones (excluding diaryl/α,β-unsaturated/α-hetero) is 1. The van der Waals surface area contributed by atoms with Crippen LogP contribution in [0, 0.1) is 31.0 Å². The molecule has 0 radical (unpaired) electrons. The Morgan fingerprint density at radius 3 is 2.46 bits per heavy atom. The van der Waals surface area contributed by atoms with E-state index >= 15 is 0 Å². The second kappa shape index (κ2) is 11.0.